The standard InChI is InChI=1S/C8H13NO.C6H11NO2.2C2H6/c1-3-5-8(4-2)6-9-7-10;1-5(8)7-3-2-6(9)4-7;2*1-2/h3,5,7H,1,4,6H2,2H3,(H,9,10);6,9H,2-4H2,1H3;2*1-2H3/b8-5+;;;. The molecule has 0 radical (unpaired) electrons. The van der Waals surface area contributed by atoms with Crippen molar-refractivity contribution in [2.24, 2.45) is 0 Å². The molecule has 1 heterocycles. The number of rotatable bonds is 5. The molecule has 0 aliphatic carbocycles. The maximum Gasteiger partial charge on any atom is 0.219 e. The summed E-state index contributed by atoms with van der Waals surface area (Å²) in [4.78, 5) is 22.1. The molecule has 5 heteroatoms. The predicted octanol–water partition coefficient (Wildman–Crippen LogP) is 2.91. The summed E-state index contributed by atoms with van der Waals surface area (Å²) in [5, 5.41) is 11.5. The normalized spacial score (nSPS) is 15.7. The first kappa shape index (κ1) is 26.3. The molecule has 1 saturated heterocycles. The van der Waals surface area contributed by atoms with Gasteiger partial charge in [0.2, 0.25) is 12.3 Å². The topological polar surface area (TPSA) is 69.6 Å². The van der Waals surface area contributed by atoms with E-state index in [0.29, 0.717) is 19.5 Å². The van der Waals surface area contributed by atoms with Crippen molar-refractivity contribution in [2.75, 3.05) is 19.6 Å². The monoisotopic (exact) mass is 328 g/mol. The molecule has 0 aromatic heterocycles. The first-order valence-electron chi connectivity index (χ1n) is 8.46. The highest BCUT2D eigenvalue weighted by Crippen LogP contribution is 2.07. The van der Waals surface area contributed by atoms with Crippen LogP contribution in [0.25, 0.3) is 0 Å². The van der Waals surface area contributed by atoms with Crippen molar-refractivity contribution >= 4 is 12.3 Å². The van der Waals surface area contributed by atoms with Gasteiger partial charge in [-0.2, -0.15) is 0 Å². The molecule has 5 nitrogen and oxygen atoms in total. The van der Waals surface area contributed by atoms with E-state index >= 15 is 0 Å². The molecular formula is C18H36N2O3. The number of hydrogen-bond donors (Lipinski definition) is 2. The number of β-amino-alcohol motifs (C(OH)–C–C–N with tert-alkyl or cyclic N) is 1. The summed E-state index contributed by atoms with van der Waals surface area (Å²) in [5.74, 6) is 0.0616. The Bertz CT molecular complexity index is 328. The minimum absolute atomic E-state index is 0.0616. The van der Waals surface area contributed by atoms with E-state index in [1.165, 1.54) is 12.5 Å². The van der Waals surface area contributed by atoms with Gasteiger partial charge in [-0.05, 0) is 12.8 Å². The van der Waals surface area contributed by atoms with Crippen LogP contribution in [0.1, 0.15) is 54.4 Å². The molecule has 2 amide bonds. The summed E-state index contributed by atoms with van der Waals surface area (Å²) in [5.41, 5.74) is 1.18. The molecule has 0 aromatic carbocycles. The van der Waals surface area contributed by atoms with Crippen LogP contribution in [-0.4, -0.2) is 48.1 Å². The van der Waals surface area contributed by atoms with Gasteiger partial charge in [0.1, 0.15) is 0 Å². The van der Waals surface area contributed by atoms with E-state index in [1.54, 1.807) is 11.0 Å². The fourth-order valence-electron chi connectivity index (χ4n) is 1.67. The van der Waals surface area contributed by atoms with Crippen molar-refractivity contribution in [3.63, 3.8) is 0 Å². The number of aliphatic hydroxyl groups excluding tert-OH is 1. The lowest BCUT2D eigenvalue weighted by atomic mass is 10.2. The highest BCUT2D eigenvalue weighted by Gasteiger charge is 2.21. The second-order valence-electron chi connectivity index (χ2n) is 4.32. The number of nitrogens with zero attached hydrogens (tertiary/aromatic N) is 1. The molecule has 2 N–H and O–H groups in total. The fraction of sp³-hybridized carbons (Fsp3) is 0.667. The second-order valence-corrected chi connectivity index (χ2v) is 4.32. The average Bonchev–Trinajstić information content (AvgIpc) is 3.02. The van der Waals surface area contributed by atoms with Crippen LogP contribution in [0.2, 0.25) is 0 Å². The molecule has 1 aliphatic heterocycles. The van der Waals surface area contributed by atoms with Crippen LogP contribution >= 0.6 is 0 Å². The lowest BCUT2D eigenvalue weighted by Crippen LogP contribution is -2.26. The minimum Gasteiger partial charge on any atom is -0.391 e. The Hall–Kier alpha value is -1.62. The number of carbonyl (C=O) groups excluding carboxylic acids is 2. The molecule has 1 aliphatic rings. The number of nitrogens with one attached hydrogen (secondary N) is 1. The van der Waals surface area contributed by atoms with Gasteiger partial charge < -0.3 is 15.3 Å². The van der Waals surface area contributed by atoms with E-state index in [-0.39, 0.29) is 12.0 Å². The van der Waals surface area contributed by atoms with Crippen LogP contribution in [0, 0.1) is 0 Å². The molecule has 23 heavy (non-hydrogen) atoms. The number of likely N-dealkylation sites (tertiary alicyclic amines) is 1. The van der Waals surface area contributed by atoms with Gasteiger partial charge >= 0.3 is 0 Å². The summed E-state index contributed by atoms with van der Waals surface area (Å²) in [6.45, 7) is 17.0. The number of aliphatic hydroxyl groups is 1. The number of allylic oxidation sites excluding steroid dienone is 2. The van der Waals surface area contributed by atoms with Gasteiger partial charge in [0.15, 0.2) is 0 Å². The molecule has 0 bridgehead atoms. The van der Waals surface area contributed by atoms with Crippen LogP contribution in [0.4, 0.5) is 0 Å². The number of amides is 2. The van der Waals surface area contributed by atoms with Crippen molar-refractivity contribution in [1.29, 1.82) is 0 Å². The second kappa shape index (κ2) is 20.4. The smallest absolute Gasteiger partial charge is 0.219 e. The molecule has 1 atom stereocenters. The van der Waals surface area contributed by atoms with Crippen LogP contribution in [0.3, 0.4) is 0 Å². The maximum absolute atomic E-state index is 10.6. The van der Waals surface area contributed by atoms with E-state index in [1.807, 2.05) is 40.7 Å². The number of hydrogen-bond acceptors (Lipinski definition) is 3. The van der Waals surface area contributed by atoms with Gasteiger partial charge in [-0.15, -0.1) is 0 Å². The Labute approximate surface area is 142 Å². The van der Waals surface area contributed by atoms with Crippen molar-refractivity contribution in [3.8, 4) is 0 Å². The lowest BCUT2D eigenvalue weighted by molar-refractivity contribution is -0.128. The zero-order valence-electron chi connectivity index (χ0n) is 15.8. The first-order valence-corrected chi connectivity index (χ1v) is 8.46. The third kappa shape index (κ3) is 16.6. The SMILES string of the molecule is C=C/C=C(\CC)CNC=O.CC.CC.CC(=O)N1CCC(O)C1. The summed E-state index contributed by atoms with van der Waals surface area (Å²) < 4.78 is 0. The Morgan fingerprint density at radius 1 is 1.35 bits per heavy atom. The van der Waals surface area contributed by atoms with E-state index in [0.717, 1.165) is 19.4 Å². The highest BCUT2D eigenvalue weighted by molar-refractivity contribution is 5.73. The Morgan fingerprint density at radius 3 is 2.17 bits per heavy atom. The molecule has 0 saturated carbocycles. The summed E-state index contributed by atoms with van der Waals surface area (Å²) >= 11 is 0. The Kier molecular flexibility index (Phi) is 23.3. The van der Waals surface area contributed by atoms with Crippen LogP contribution in [0.5, 0.6) is 0 Å². The van der Waals surface area contributed by atoms with E-state index in [4.69, 9.17) is 5.11 Å². The zero-order chi connectivity index (χ0) is 18.7. The minimum atomic E-state index is -0.283. The zero-order valence-corrected chi connectivity index (χ0v) is 15.8. The van der Waals surface area contributed by atoms with Gasteiger partial charge in [0.05, 0.1) is 6.10 Å². The molecule has 1 unspecified atom stereocenters. The predicted molar refractivity (Wildman–Crippen MR) is 98.2 cm³/mol. The summed E-state index contributed by atoms with van der Waals surface area (Å²) in [6.07, 6.45) is 5.75. The van der Waals surface area contributed by atoms with Crippen molar-refractivity contribution < 1.29 is 14.7 Å². The largest absolute Gasteiger partial charge is 0.391 e. The summed E-state index contributed by atoms with van der Waals surface area (Å²) in [6, 6.07) is 0. The van der Waals surface area contributed by atoms with Gasteiger partial charge in [0.25, 0.3) is 0 Å². The lowest BCUT2D eigenvalue weighted by Gasteiger charge is -2.10. The third-order valence-electron chi connectivity index (χ3n) is 2.83. The molecule has 136 valence electrons. The maximum atomic E-state index is 10.6. The van der Waals surface area contributed by atoms with E-state index in [9.17, 15) is 9.59 Å². The highest BCUT2D eigenvalue weighted by atomic mass is 16.3. The quantitative estimate of drug-likeness (QED) is 0.602. The molecule has 0 aromatic rings. The van der Waals surface area contributed by atoms with Crippen LogP contribution < -0.4 is 5.32 Å². The molecule has 0 spiro atoms. The van der Waals surface area contributed by atoms with Gasteiger partial charge in [0, 0.05) is 26.6 Å². The van der Waals surface area contributed by atoms with Crippen molar-refractivity contribution in [1.82, 2.24) is 10.2 Å². The summed E-state index contributed by atoms with van der Waals surface area (Å²) in [7, 11) is 0. The Morgan fingerprint density at radius 2 is 1.91 bits per heavy atom. The van der Waals surface area contributed by atoms with Gasteiger partial charge in [-0.3, -0.25) is 9.59 Å². The van der Waals surface area contributed by atoms with Crippen molar-refractivity contribution in [2.45, 2.75) is 60.5 Å². The van der Waals surface area contributed by atoms with E-state index in [2.05, 4.69) is 11.9 Å². The van der Waals surface area contributed by atoms with Gasteiger partial charge in [-0.1, -0.05) is 58.9 Å². The third-order valence-corrected chi connectivity index (χ3v) is 2.83. The molecule has 1 fully saturated rings. The molecule has 1 rings (SSSR count). The van der Waals surface area contributed by atoms with E-state index < -0.39 is 0 Å². The molecular weight excluding hydrogens is 292 g/mol. The Balaban J connectivity index is -0.000000286. The van der Waals surface area contributed by atoms with Crippen LogP contribution in [0.15, 0.2) is 24.3 Å². The average molecular weight is 328 g/mol. The van der Waals surface area contributed by atoms with Crippen LogP contribution in [-0.2, 0) is 9.59 Å². The first-order chi connectivity index (χ1) is 11.0. The van der Waals surface area contributed by atoms with Crippen molar-refractivity contribution in [3.05, 3.63) is 24.3 Å². The fourth-order valence-corrected chi connectivity index (χ4v) is 1.67. The number of carbonyl (C=O) groups is 2. The van der Waals surface area contributed by atoms with Gasteiger partial charge in [-0.25, -0.2) is 0 Å².